The molecule has 0 aliphatic carbocycles. The van der Waals surface area contributed by atoms with Crippen LogP contribution in [0.1, 0.15) is 61.8 Å². The molecule has 0 saturated carbocycles. The van der Waals surface area contributed by atoms with E-state index in [0.717, 1.165) is 44.0 Å². The van der Waals surface area contributed by atoms with Crippen LogP contribution in [-0.2, 0) is 0 Å². The van der Waals surface area contributed by atoms with Crippen LogP contribution < -0.4 is 32.1 Å². The summed E-state index contributed by atoms with van der Waals surface area (Å²) in [6, 6.07) is 0. The lowest BCUT2D eigenvalue weighted by molar-refractivity contribution is 0.453. The second-order valence-corrected chi connectivity index (χ2v) is 8.61. The van der Waals surface area contributed by atoms with Gasteiger partial charge in [-0.2, -0.15) is 10.2 Å². The summed E-state index contributed by atoms with van der Waals surface area (Å²) in [6.45, 7) is 19.7. The predicted molar refractivity (Wildman–Crippen MR) is 134 cm³/mol. The van der Waals surface area contributed by atoms with Crippen LogP contribution in [-0.4, -0.2) is 58.9 Å². The average molecular weight is 445 g/mol. The summed E-state index contributed by atoms with van der Waals surface area (Å²) in [4.78, 5) is 0. The molecule has 0 heterocycles. The van der Waals surface area contributed by atoms with E-state index in [0.29, 0.717) is 10.2 Å². The Morgan fingerprint density at radius 1 is 0.724 bits per heavy atom. The molecule has 0 aromatic carbocycles. The van der Waals surface area contributed by atoms with Crippen LogP contribution in [0.4, 0.5) is 0 Å². The van der Waals surface area contributed by atoms with Crippen molar-refractivity contribution in [3.05, 3.63) is 0 Å². The van der Waals surface area contributed by atoms with Crippen molar-refractivity contribution >= 4 is 46.1 Å². The quantitative estimate of drug-likeness (QED) is 0.117. The first-order valence-corrected chi connectivity index (χ1v) is 10.9. The van der Waals surface area contributed by atoms with Gasteiger partial charge in [0.1, 0.15) is 0 Å². The van der Waals surface area contributed by atoms with E-state index in [9.17, 15) is 0 Å². The van der Waals surface area contributed by atoms with Gasteiger partial charge in [0.05, 0.1) is 22.5 Å². The molecule has 0 radical (unpaired) electrons. The molecule has 0 amide bonds. The highest BCUT2D eigenvalue weighted by Crippen LogP contribution is 2.07. The second kappa shape index (κ2) is 13.8. The van der Waals surface area contributed by atoms with Gasteiger partial charge in [0.15, 0.2) is 10.2 Å². The Balaban J connectivity index is 4.37. The lowest BCUT2D eigenvalue weighted by atomic mass is 9.98. The van der Waals surface area contributed by atoms with E-state index in [2.05, 4.69) is 70.0 Å². The number of nitrogens with one attached hydrogen (secondary N) is 6. The zero-order valence-corrected chi connectivity index (χ0v) is 20.9. The van der Waals surface area contributed by atoms with E-state index >= 15 is 0 Å². The molecule has 0 saturated heterocycles. The smallest absolute Gasteiger partial charge is 0.186 e. The summed E-state index contributed by atoms with van der Waals surface area (Å²) >= 11 is 10.3. The van der Waals surface area contributed by atoms with E-state index in [1.165, 1.54) is 0 Å². The molecule has 29 heavy (non-hydrogen) atoms. The van der Waals surface area contributed by atoms with Gasteiger partial charge in [-0.15, -0.1) is 0 Å². The number of thiocarbonyl (C=S) groups is 2. The number of rotatable bonds is 12. The maximum atomic E-state index is 5.14. The van der Waals surface area contributed by atoms with Crippen LogP contribution in [0, 0.1) is 0 Å². The van der Waals surface area contributed by atoms with Crippen molar-refractivity contribution < 1.29 is 0 Å². The number of hydrazone groups is 2. The molecule has 0 spiro atoms. The fourth-order valence-electron chi connectivity index (χ4n) is 2.09. The lowest BCUT2D eigenvalue weighted by Gasteiger charge is -2.28. The van der Waals surface area contributed by atoms with E-state index in [4.69, 9.17) is 24.4 Å². The molecule has 0 fully saturated rings. The largest absolute Gasteiger partial charge is 0.362 e. The Morgan fingerprint density at radius 3 is 1.38 bits per heavy atom. The average Bonchev–Trinajstić information content (AvgIpc) is 2.64. The third-order valence-electron chi connectivity index (χ3n) is 4.62. The summed E-state index contributed by atoms with van der Waals surface area (Å²) in [7, 11) is 0. The Morgan fingerprint density at radius 2 is 1.07 bits per heavy atom. The molecule has 0 aliphatic rings. The molecule has 0 aromatic rings. The second-order valence-electron chi connectivity index (χ2n) is 7.79. The number of hydrogen-bond donors (Lipinski definition) is 6. The number of nitrogens with zero attached hydrogens (tertiary/aromatic N) is 2. The standard InChI is InChI=1S/C19H40N8S2/c1-9-20-16(28)26-24-14(3)18(5,6)22-12-11-13-23-19(7,8)15(4)25-27-17(29)21-10-2/h22-23H,9-13H2,1-8H3,(H2,20,26,28)(H2,21,27,29)/b24-14+,25-15+. The Bertz CT molecular complexity index is 535. The summed E-state index contributed by atoms with van der Waals surface area (Å²) in [6.07, 6.45) is 0.972. The third kappa shape index (κ3) is 12.0. The topological polar surface area (TPSA) is 96.9 Å². The molecule has 10 heteroatoms. The van der Waals surface area contributed by atoms with Crippen molar-refractivity contribution in [1.82, 2.24) is 32.1 Å². The van der Waals surface area contributed by atoms with Crippen LogP contribution in [0.3, 0.4) is 0 Å². The van der Waals surface area contributed by atoms with Gasteiger partial charge < -0.3 is 21.3 Å². The molecule has 0 bridgehead atoms. The summed E-state index contributed by atoms with van der Waals surface area (Å²) in [5.41, 5.74) is 7.17. The molecule has 8 nitrogen and oxygen atoms in total. The van der Waals surface area contributed by atoms with Crippen molar-refractivity contribution in [2.24, 2.45) is 10.2 Å². The van der Waals surface area contributed by atoms with Crippen molar-refractivity contribution in [1.29, 1.82) is 0 Å². The van der Waals surface area contributed by atoms with Crippen molar-refractivity contribution in [2.75, 3.05) is 26.2 Å². The minimum atomic E-state index is -0.229. The molecular formula is C19H40N8S2. The van der Waals surface area contributed by atoms with E-state index in [1.54, 1.807) is 0 Å². The Kier molecular flexibility index (Phi) is 13.1. The first-order chi connectivity index (χ1) is 13.5. The first kappa shape index (κ1) is 27.6. The minimum absolute atomic E-state index is 0.229. The highest BCUT2D eigenvalue weighted by atomic mass is 32.1. The highest BCUT2D eigenvalue weighted by Gasteiger charge is 2.22. The molecular weight excluding hydrogens is 404 g/mol. The van der Waals surface area contributed by atoms with Crippen LogP contribution >= 0.6 is 24.4 Å². The normalized spacial score (nSPS) is 13.1. The fraction of sp³-hybridized carbons (Fsp3) is 0.789. The highest BCUT2D eigenvalue weighted by molar-refractivity contribution is 7.80. The van der Waals surface area contributed by atoms with E-state index in [1.807, 2.05) is 27.7 Å². The maximum Gasteiger partial charge on any atom is 0.186 e. The van der Waals surface area contributed by atoms with Gasteiger partial charge in [-0.05, 0) is 99.3 Å². The fourth-order valence-corrected chi connectivity index (χ4v) is 2.47. The Hall–Kier alpha value is -1.36. The van der Waals surface area contributed by atoms with Gasteiger partial charge in [-0.25, -0.2) is 0 Å². The Labute approximate surface area is 187 Å². The first-order valence-electron chi connectivity index (χ1n) is 10.1. The van der Waals surface area contributed by atoms with Gasteiger partial charge in [0.2, 0.25) is 0 Å². The molecule has 0 rings (SSSR count). The van der Waals surface area contributed by atoms with E-state index < -0.39 is 0 Å². The molecule has 0 atom stereocenters. The summed E-state index contributed by atoms with van der Waals surface area (Å²) in [5.74, 6) is 0. The van der Waals surface area contributed by atoms with Gasteiger partial charge >= 0.3 is 0 Å². The number of hydrogen-bond acceptors (Lipinski definition) is 6. The van der Waals surface area contributed by atoms with Gasteiger partial charge in [-0.3, -0.25) is 10.9 Å². The zero-order valence-electron chi connectivity index (χ0n) is 19.2. The van der Waals surface area contributed by atoms with Gasteiger partial charge in [0, 0.05) is 13.1 Å². The van der Waals surface area contributed by atoms with Crippen molar-refractivity contribution in [3.63, 3.8) is 0 Å². The molecule has 0 aliphatic heterocycles. The molecule has 6 N–H and O–H groups in total. The summed E-state index contributed by atoms with van der Waals surface area (Å²) in [5, 5.41) is 22.9. The minimum Gasteiger partial charge on any atom is -0.362 e. The van der Waals surface area contributed by atoms with Crippen molar-refractivity contribution in [3.8, 4) is 0 Å². The zero-order chi connectivity index (χ0) is 22.5. The molecule has 0 unspecified atom stereocenters. The molecule has 168 valence electrons. The monoisotopic (exact) mass is 444 g/mol. The third-order valence-corrected chi connectivity index (χ3v) is 5.09. The predicted octanol–water partition coefficient (Wildman–Crippen LogP) is 1.83. The van der Waals surface area contributed by atoms with Crippen LogP contribution in [0.2, 0.25) is 0 Å². The SMILES string of the molecule is CCNC(=S)N/N=C(\C)C(C)(C)NCCCNC(C)(C)/C(C)=N/NC(=S)NCC. The van der Waals surface area contributed by atoms with Crippen LogP contribution in [0.25, 0.3) is 0 Å². The summed E-state index contributed by atoms with van der Waals surface area (Å²) < 4.78 is 0. The van der Waals surface area contributed by atoms with Gasteiger partial charge in [0.25, 0.3) is 0 Å². The van der Waals surface area contributed by atoms with Crippen LogP contribution in [0.15, 0.2) is 10.2 Å². The van der Waals surface area contributed by atoms with Crippen LogP contribution in [0.5, 0.6) is 0 Å². The van der Waals surface area contributed by atoms with Crippen molar-refractivity contribution in [2.45, 2.75) is 72.9 Å². The lowest BCUT2D eigenvalue weighted by Crippen LogP contribution is -2.49. The maximum absolute atomic E-state index is 5.14. The van der Waals surface area contributed by atoms with E-state index in [-0.39, 0.29) is 11.1 Å². The molecule has 0 aromatic heterocycles. The van der Waals surface area contributed by atoms with Gasteiger partial charge in [-0.1, -0.05) is 0 Å².